The predicted molar refractivity (Wildman–Crippen MR) is 112 cm³/mol. The number of hydrogen-bond donors (Lipinski definition) is 0. The standard InChI is InChI=1S/C20H14F4N4OS.ClH/c21-12-2-3-14(15(23)8-12)19(29)28(6-1-5-27-7-4-25-11-27)20-26-18-16(24)9-13(22)10-17(18)30-20;/h2-4,7-11H,1,5-6H2;1H. The van der Waals surface area contributed by atoms with Crippen molar-refractivity contribution in [2.75, 3.05) is 11.4 Å². The first-order valence-electron chi connectivity index (χ1n) is 8.90. The van der Waals surface area contributed by atoms with E-state index in [0.29, 0.717) is 25.1 Å². The molecule has 0 atom stereocenters. The molecule has 2 aromatic carbocycles. The van der Waals surface area contributed by atoms with E-state index < -0.39 is 29.2 Å². The minimum atomic E-state index is -1.02. The molecule has 0 spiro atoms. The Hall–Kier alpha value is -2.98. The van der Waals surface area contributed by atoms with E-state index in [0.717, 1.165) is 29.5 Å². The summed E-state index contributed by atoms with van der Waals surface area (Å²) in [4.78, 5) is 22.3. The zero-order valence-corrected chi connectivity index (χ0v) is 17.4. The van der Waals surface area contributed by atoms with Gasteiger partial charge in [0.1, 0.15) is 23.0 Å². The summed E-state index contributed by atoms with van der Waals surface area (Å²) in [5.41, 5.74) is -0.423. The predicted octanol–water partition coefficient (Wildman–Crippen LogP) is 5.21. The van der Waals surface area contributed by atoms with Crippen molar-refractivity contribution < 1.29 is 22.4 Å². The fourth-order valence-electron chi connectivity index (χ4n) is 2.98. The lowest BCUT2D eigenvalue weighted by Gasteiger charge is -2.20. The van der Waals surface area contributed by atoms with E-state index in [9.17, 15) is 22.4 Å². The van der Waals surface area contributed by atoms with Crippen LogP contribution in [0.3, 0.4) is 0 Å². The molecule has 0 aliphatic carbocycles. The van der Waals surface area contributed by atoms with Crippen LogP contribution in [0.4, 0.5) is 22.7 Å². The molecular formula is C20H15ClF4N4OS. The Bertz CT molecular complexity index is 1220. The number of amides is 1. The van der Waals surface area contributed by atoms with Crippen LogP contribution in [-0.4, -0.2) is 27.0 Å². The van der Waals surface area contributed by atoms with Crippen molar-refractivity contribution in [3.8, 4) is 0 Å². The number of carbonyl (C=O) groups excluding carboxylic acids is 1. The van der Waals surface area contributed by atoms with Gasteiger partial charge in [0, 0.05) is 37.6 Å². The van der Waals surface area contributed by atoms with Crippen molar-refractivity contribution in [3.63, 3.8) is 0 Å². The molecule has 2 aromatic heterocycles. The highest BCUT2D eigenvalue weighted by molar-refractivity contribution is 7.22. The maximum atomic E-state index is 14.2. The van der Waals surface area contributed by atoms with Gasteiger partial charge in [-0.05, 0) is 24.6 Å². The van der Waals surface area contributed by atoms with E-state index in [4.69, 9.17) is 0 Å². The number of carbonyl (C=O) groups is 1. The highest BCUT2D eigenvalue weighted by Gasteiger charge is 2.25. The molecule has 0 saturated heterocycles. The average molecular weight is 471 g/mol. The van der Waals surface area contributed by atoms with Crippen LogP contribution in [0, 0.1) is 23.3 Å². The number of rotatable bonds is 6. The summed E-state index contributed by atoms with van der Waals surface area (Å²) in [6, 6.07) is 4.46. The first-order valence-corrected chi connectivity index (χ1v) is 9.72. The van der Waals surface area contributed by atoms with Crippen molar-refractivity contribution in [1.82, 2.24) is 14.5 Å². The van der Waals surface area contributed by atoms with Gasteiger partial charge in [0.05, 0.1) is 16.6 Å². The molecule has 0 unspecified atom stereocenters. The molecule has 0 saturated carbocycles. The van der Waals surface area contributed by atoms with Gasteiger partial charge >= 0.3 is 0 Å². The van der Waals surface area contributed by atoms with Crippen LogP contribution in [0.5, 0.6) is 0 Å². The fourth-order valence-corrected chi connectivity index (χ4v) is 4.01. The number of thiazole rings is 1. The van der Waals surface area contributed by atoms with Gasteiger partial charge in [0.2, 0.25) is 0 Å². The Morgan fingerprint density at radius 2 is 1.84 bits per heavy atom. The van der Waals surface area contributed by atoms with Crippen molar-refractivity contribution in [3.05, 3.63) is 77.9 Å². The van der Waals surface area contributed by atoms with E-state index in [-0.39, 0.29) is 39.9 Å². The number of imidazole rings is 1. The molecule has 162 valence electrons. The van der Waals surface area contributed by atoms with Gasteiger partial charge in [0.15, 0.2) is 10.9 Å². The smallest absolute Gasteiger partial charge is 0.263 e. The first kappa shape index (κ1) is 22.7. The number of fused-ring (bicyclic) bond motifs is 1. The average Bonchev–Trinajstić information content (AvgIpc) is 3.34. The summed E-state index contributed by atoms with van der Waals surface area (Å²) in [5.74, 6) is -4.20. The minimum absolute atomic E-state index is 0. The number of benzene rings is 2. The summed E-state index contributed by atoms with van der Waals surface area (Å²) in [5, 5.41) is 0.0915. The van der Waals surface area contributed by atoms with Crippen LogP contribution in [0.15, 0.2) is 49.1 Å². The molecule has 1 amide bonds. The minimum Gasteiger partial charge on any atom is -0.337 e. The highest BCUT2D eigenvalue weighted by atomic mass is 35.5. The molecule has 31 heavy (non-hydrogen) atoms. The third kappa shape index (κ3) is 4.86. The monoisotopic (exact) mass is 470 g/mol. The third-order valence-corrected chi connectivity index (χ3v) is 5.42. The molecule has 0 radical (unpaired) electrons. The third-order valence-electron chi connectivity index (χ3n) is 4.40. The van der Waals surface area contributed by atoms with E-state index in [2.05, 4.69) is 9.97 Å². The van der Waals surface area contributed by atoms with Gasteiger partial charge < -0.3 is 4.57 Å². The van der Waals surface area contributed by atoms with Crippen LogP contribution >= 0.6 is 23.7 Å². The molecule has 0 aliphatic rings. The second-order valence-electron chi connectivity index (χ2n) is 6.47. The number of anilines is 1. The van der Waals surface area contributed by atoms with Crippen molar-refractivity contribution in [2.24, 2.45) is 0 Å². The van der Waals surface area contributed by atoms with Crippen LogP contribution in [0.25, 0.3) is 10.2 Å². The van der Waals surface area contributed by atoms with Gasteiger partial charge in [-0.2, -0.15) is 0 Å². The molecule has 0 aliphatic heterocycles. The lowest BCUT2D eigenvalue weighted by atomic mass is 10.2. The normalized spacial score (nSPS) is 10.8. The zero-order valence-electron chi connectivity index (χ0n) is 15.8. The number of hydrogen-bond acceptors (Lipinski definition) is 4. The summed E-state index contributed by atoms with van der Waals surface area (Å²) in [6.45, 7) is 0.640. The van der Waals surface area contributed by atoms with Crippen LogP contribution in [0.2, 0.25) is 0 Å². The molecule has 0 N–H and O–H groups in total. The van der Waals surface area contributed by atoms with Crippen LogP contribution in [-0.2, 0) is 6.54 Å². The van der Waals surface area contributed by atoms with Crippen molar-refractivity contribution in [1.29, 1.82) is 0 Å². The molecule has 11 heteroatoms. The molecule has 5 nitrogen and oxygen atoms in total. The van der Waals surface area contributed by atoms with Crippen LogP contribution < -0.4 is 4.90 Å². The molecule has 4 aromatic rings. The Labute approximate surface area is 184 Å². The van der Waals surface area contributed by atoms with Crippen molar-refractivity contribution >= 4 is 45.0 Å². The summed E-state index contributed by atoms with van der Waals surface area (Å²) in [7, 11) is 0. The highest BCUT2D eigenvalue weighted by Crippen LogP contribution is 2.32. The van der Waals surface area contributed by atoms with Gasteiger partial charge in [-0.25, -0.2) is 27.5 Å². The molecule has 0 fully saturated rings. The fraction of sp³-hybridized carbons (Fsp3) is 0.150. The first-order chi connectivity index (χ1) is 14.4. The summed E-state index contributed by atoms with van der Waals surface area (Å²) < 4.78 is 57.1. The van der Waals surface area contributed by atoms with Gasteiger partial charge in [-0.3, -0.25) is 9.69 Å². The van der Waals surface area contributed by atoms with E-state index in [1.165, 1.54) is 4.90 Å². The second kappa shape index (κ2) is 9.44. The Kier molecular flexibility index (Phi) is 6.91. The van der Waals surface area contributed by atoms with E-state index >= 15 is 0 Å². The Balaban J connectivity index is 0.00000272. The maximum Gasteiger partial charge on any atom is 0.263 e. The van der Waals surface area contributed by atoms with Crippen LogP contribution in [0.1, 0.15) is 16.8 Å². The topological polar surface area (TPSA) is 51.0 Å². The summed E-state index contributed by atoms with van der Waals surface area (Å²) in [6.07, 6.45) is 5.43. The Morgan fingerprint density at radius 3 is 2.55 bits per heavy atom. The lowest BCUT2D eigenvalue weighted by Crippen LogP contribution is -2.33. The lowest BCUT2D eigenvalue weighted by molar-refractivity contribution is 0.0982. The van der Waals surface area contributed by atoms with Gasteiger partial charge in [-0.15, -0.1) is 12.4 Å². The number of halogens is 5. The number of aryl methyl sites for hydroxylation is 1. The van der Waals surface area contributed by atoms with E-state index in [1.807, 2.05) is 0 Å². The van der Waals surface area contributed by atoms with Gasteiger partial charge in [0.25, 0.3) is 5.91 Å². The second-order valence-corrected chi connectivity index (χ2v) is 7.47. The van der Waals surface area contributed by atoms with E-state index in [1.54, 1.807) is 23.3 Å². The molecule has 0 bridgehead atoms. The number of aromatic nitrogens is 3. The zero-order chi connectivity index (χ0) is 21.3. The quantitative estimate of drug-likeness (QED) is 0.364. The maximum absolute atomic E-state index is 14.2. The number of nitrogens with zero attached hydrogens (tertiary/aromatic N) is 4. The summed E-state index contributed by atoms with van der Waals surface area (Å²) >= 11 is 0.912. The van der Waals surface area contributed by atoms with Crippen molar-refractivity contribution in [2.45, 2.75) is 13.0 Å². The molecule has 2 heterocycles. The van der Waals surface area contributed by atoms with Gasteiger partial charge in [-0.1, -0.05) is 11.3 Å². The largest absolute Gasteiger partial charge is 0.337 e. The Morgan fingerprint density at radius 1 is 1.06 bits per heavy atom. The molecule has 4 rings (SSSR count). The molecular weight excluding hydrogens is 456 g/mol. The SMILES string of the molecule is Cl.O=C(c1ccc(F)cc1F)N(CCCn1ccnc1)c1nc2c(F)cc(F)cc2s1.